The lowest BCUT2D eigenvalue weighted by atomic mass is 10.1. The molecular weight excluding hydrogens is 296 g/mol. The molecule has 0 aromatic heterocycles. The normalized spacial score (nSPS) is 19.8. The second-order valence-electron chi connectivity index (χ2n) is 5.25. The van der Waals surface area contributed by atoms with Crippen LogP contribution in [0.5, 0.6) is 0 Å². The highest BCUT2D eigenvalue weighted by Crippen LogP contribution is 2.26. The van der Waals surface area contributed by atoms with Gasteiger partial charge in [-0.05, 0) is 38.1 Å². The lowest BCUT2D eigenvalue weighted by molar-refractivity contribution is -0.387. The van der Waals surface area contributed by atoms with Crippen molar-refractivity contribution >= 4 is 21.4 Å². The first-order chi connectivity index (χ1) is 9.79. The third-order valence-corrected chi connectivity index (χ3v) is 4.99. The van der Waals surface area contributed by atoms with Gasteiger partial charge < -0.3 is 10.6 Å². The summed E-state index contributed by atoms with van der Waals surface area (Å²) >= 11 is 0. The maximum absolute atomic E-state index is 12.2. The van der Waals surface area contributed by atoms with Crippen LogP contribution in [0.2, 0.25) is 0 Å². The fourth-order valence-corrected chi connectivity index (χ4v) is 3.67. The van der Waals surface area contributed by atoms with E-state index in [-0.39, 0.29) is 23.0 Å². The molecule has 0 radical (unpaired) electrons. The molecule has 116 valence electrons. The summed E-state index contributed by atoms with van der Waals surface area (Å²) in [6, 6.07) is 3.55. The lowest BCUT2D eigenvalue weighted by Crippen LogP contribution is -2.31. The van der Waals surface area contributed by atoms with Crippen molar-refractivity contribution in [2.75, 3.05) is 32.4 Å². The van der Waals surface area contributed by atoms with Crippen LogP contribution in [0.1, 0.15) is 6.42 Å². The Morgan fingerprint density at radius 1 is 1.52 bits per heavy atom. The van der Waals surface area contributed by atoms with Crippen LogP contribution >= 0.6 is 0 Å². The van der Waals surface area contributed by atoms with E-state index in [1.54, 1.807) is 0 Å². The van der Waals surface area contributed by atoms with Crippen LogP contribution in [0.3, 0.4) is 0 Å². The molecule has 1 aromatic carbocycles. The Kier molecular flexibility index (Phi) is 4.45. The molecule has 3 N–H and O–H groups in total. The molecule has 0 spiro atoms. The quantitative estimate of drug-likeness (QED) is 0.461. The molecule has 21 heavy (non-hydrogen) atoms. The van der Waals surface area contributed by atoms with Gasteiger partial charge in [0.25, 0.3) is 5.69 Å². The van der Waals surface area contributed by atoms with Crippen LogP contribution in [0.15, 0.2) is 23.1 Å². The van der Waals surface area contributed by atoms with Gasteiger partial charge in [-0.15, -0.1) is 0 Å². The van der Waals surface area contributed by atoms with Gasteiger partial charge in [0.2, 0.25) is 10.0 Å². The molecule has 2 rings (SSSR count). The zero-order valence-corrected chi connectivity index (χ0v) is 12.5. The van der Waals surface area contributed by atoms with Gasteiger partial charge in [0.15, 0.2) is 4.90 Å². The molecule has 8 nitrogen and oxygen atoms in total. The lowest BCUT2D eigenvalue weighted by Gasteiger charge is -2.12. The summed E-state index contributed by atoms with van der Waals surface area (Å²) in [6.45, 7) is 2.01. The summed E-state index contributed by atoms with van der Waals surface area (Å²) < 4.78 is 26.9. The zero-order chi connectivity index (χ0) is 15.6. The van der Waals surface area contributed by atoms with Gasteiger partial charge in [0.1, 0.15) is 0 Å². The number of nitro benzene ring substituents is 1. The first-order valence-corrected chi connectivity index (χ1v) is 8.00. The molecule has 1 atom stereocenters. The van der Waals surface area contributed by atoms with Crippen LogP contribution in [-0.4, -0.2) is 44.9 Å². The number of hydrogen-bond donors (Lipinski definition) is 2. The van der Waals surface area contributed by atoms with Crippen LogP contribution in [0.4, 0.5) is 11.4 Å². The highest BCUT2D eigenvalue weighted by molar-refractivity contribution is 7.89. The minimum absolute atomic E-state index is 0.151. The monoisotopic (exact) mass is 314 g/mol. The molecule has 1 saturated heterocycles. The molecule has 1 unspecified atom stereocenters. The summed E-state index contributed by atoms with van der Waals surface area (Å²) in [5.41, 5.74) is 5.11. The summed E-state index contributed by atoms with van der Waals surface area (Å²) in [5, 5.41) is 11.0. The van der Waals surface area contributed by atoms with Gasteiger partial charge in [-0.25, -0.2) is 13.1 Å². The topological polar surface area (TPSA) is 119 Å². The van der Waals surface area contributed by atoms with Crippen LogP contribution in [0.25, 0.3) is 0 Å². The van der Waals surface area contributed by atoms with Crippen LogP contribution in [-0.2, 0) is 10.0 Å². The highest BCUT2D eigenvalue weighted by Gasteiger charge is 2.27. The smallest absolute Gasteiger partial charge is 0.291 e. The molecule has 0 bridgehead atoms. The Hall–Kier alpha value is -1.71. The minimum Gasteiger partial charge on any atom is -0.399 e. The molecule has 9 heteroatoms. The fourth-order valence-electron chi connectivity index (χ4n) is 2.40. The van der Waals surface area contributed by atoms with Crippen LogP contribution in [0, 0.1) is 16.0 Å². The van der Waals surface area contributed by atoms with E-state index >= 15 is 0 Å². The second kappa shape index (κ2) is 5.96. The molecule has 0 saturated carbocycles. The average Bonchev–Trinajstić information content (AvgIpc) is 2.82. The summed E-state index contributed by atoms with van der Waals surface area (Å²) in [5.74, 6) is 0.220. The predicted octanol–water partition coefficient (Wildman–Crippen LogP) is 0.407. The van der Waals surface area contributed by atoms with Gasteiger partial charge >= 0.3 is 0 Å². The maximum atomic E-state index is 12.2. The molecule has 0 aliphatic carbocycles. The number of nitrogens with zero attached hydrogens (tertiary/aromatic N) is 2. The van der Waals surface area contributed by atoms with Gasteiger partial charge in [-0.3, -0.25) is 10.1 Å². The van der Waals surface area contributed by atoms with E-state index in [9.17, 15) is 18.5 Å². The average molecular weight is 314 g/mol. The molecule has 1 aliphatic heterocycles. The standard InChI is InChI=1S/C12H18N4O4S/c1-15-5-4-9(8-15)7-14-21(19,20)12-3-2-10(13)6-11(12)16(17)18/h2-3,6,9,14H,4-5,7-8,13H2,1H3. The van der Waals surface area contributed by atoms with E-state index in [0.717, 1.165) is 31.6 Å². The summed E-state index contributed by atoms with van der Waals surface area (Å²) in [6.07, 6.45) is 0.906. The summed E-state index contributed by atoms with van der Waals surface area (Å²) in [7, 11) is -1.95. The van der Waals surface area contributed by atoms with Crippen molar-refractivity contribution in [2.45, 2.75) is 11.3 Å². The Morgan fingerprint density at radius 2 is 2.24 bits per heavy atom. The first kappa shape index (κ1) is 15.7. The number of rotatable bonds is 5. The third-order valence-electron chi connectivity index (χ3n) is 3.52. The zero-order valence-electron chi connectivity index (χ0n) is 11.7. The van der Waals surface area contributed by atoms with Crippen molar-refractivity contribution < 1.29 is 13.3 Å². The minimum atomic E-state index is -3.92. The number of nitrogens with one attached hydrogen (secondary N) is 1. The Labute approximate surface area is 123 Å². The van der Waals surface area contributed by atoms with E-state index < -0.39 is 20.6 Å². The number of likely N-dealkylation sites (tertiary alicyclic amines) is 1. The first-order valence-electron chi connectivity index (χ1n) is 6.52. The van der Waals surface area contributed by atoms with E-state index in [1.165, 1.54) is 6.07 Å². The number of anilines is 1. The molecule has 1 aromatic rings. The van der Waals surface area contributed by atoms with Gasteiger partial charge in [0.05, 0.1) is 4.92 Å². The molecule has 1 fully saturated rings. The number of nitrogen functional groups attached to an aromatic ring is 1. The molecule has 0 amide bonds. The fraction of sp³-hybridized carbons (Fsp3) is 0.500. The Bertz CT molecular complexity index is 647. The highest BCUT2D eigenvalue weighted by atomic mass is 32.2. The van der Waals surface area contributed by atoms with E-state index in [0.29, 0.717) is 0 Å². The van der Waals surface area contributed by atoms with E-state index in [1.807, 2.05) is 7.05 Å². The predicted molar refractivity (Wildman–Crippen MR) is 78.3 cm³/mol. The van der Waals surface area contributed by atoms with E-state index in [4.69, 9.17) is 5.73 Å². The summed E-state index contributed by atoms with van der Waals surface area (Å²) in [4.78, 5) is 12.0. The van der Waals surface area contributed by atoms with Gasteiger partial charge in [-0.1, -0.05) is 0 Å². The van der Waals surface area contributed by atoms with Crippen molar-refractivity contribution in [1.82, 2.24) is 9.62 Å². The van der Waals surface area contributed by atoms with E-state index in [2.05, 4.69) is 9.62 Å². The third kappa shape index (κ3) is 3.69. The number of sulfonamides is 1. The number of nitro groups is 1. The Balaban J connectivity index is 2.17. The number of benzene rings is 1. The molecular formula is C12H18N4O4S. The van der Waals surface area contributed by atoms with Gasteiger partial charge in [-0.2, -0.15) is 0 Å². The van der Waals surface area contributed by atoms with Crippen molar-refractivity contribution in [3.8, 4) is 0 Å². The SMILES string of the molecule is CN1CCC(CNS(=O)(=O)c2ccc(N)cc2[N+](=O)[O-])C1. The number of nitrogens with two attached hydrogens (primary N) is 1. The van der Waals surface area contributed by atoms with Gasteiger partial charge in [0, 0.05) is 24.8 Å². The second-order valence-corrected chi connectivity index (χ2v) is 6.99. The van der Waals surface area contributed by atoms with Crippen LogP contribution < -0.4 is 10.5 Å². The Morgan fingerprint density at radius 3 is 2.81 bits per heavy atom. The van der Waals surface area contributed by atoms with Crippen molar-refractivity contribution in [3.05, 3.63) is 28.3 Å². The van der Waals surface area contributed by atoms with Crippen molar-refractivity contribution in [3.63, 3.8) is 0 Å². The molecule has 1 aliphatic rings. The largest absolute Gasteiger partial charge is 0.399 e. The number of hydrogen-bond acceptors (Lipinski definition) is 6. The molecule has 1 heterocycles. The maximum Gasteiger partial charge on any atom is 0.291 e. The van der Waals surface area contributed by atoms with Crippen molar-refractivity contribution in [1.29, 1.82) is 0 Å². The van der Waals surface area contributed by atoms with Crippen molar-refractivity contribution in [2.24, 2.45) is 5.92 Å².